The smallest absolute Gasteiger partial charge is 0.339 e. The lowest BCUT2D eigenvalue weighted by Gasteiger charge is -2.19. The van der Waals surface area contributed by atoms with Crippen LogP contribution in [-0.4, -0.2) is 41.0 Å². The second kappa shape index (κ2) is 7.04. The normalized spacial score (nSPS) is 12.2. The van der Waals surface area contributed by atoms with Gasteiger partial charge in [-0.05, 0) is 25.8 Å². The van der Waals surface area contributed by atoms with Crippen molar-refractivity contribution in [3.8, 4) is 0 Å². The molecule has 0 radical (unpaired) electrons. The Morgan fingerprint density at radius 2 is 2.11 bits per heavy atom. The molecule has 2 N–H and O–H groups in total. The number of hydrogen-bond donors (Lipinski definition) is 2. The van der Waals surface area contributed by atoms with Crippen molar-refractivity contribution in [3.63, 3.8) is 0 Å². The third kappa shape index (κ3) is 3.89. The summed E-state index contributed by atoms with van der Waals surface area (Å²) >= 11 is 0. The molecular weight excluding hydrogens is 246 g/mol. The van der Waals surface area contributed by atoms with Gasteiger partial charge >= 0.3 is 5.97 Å². The van der Waals surface area contributed by atoms with Crippen LogP contribution >= 0.6 is 0 Å². The highest BCUT2D eigenvalue weighted by Gasteiger charge is 2.19. The van der Waals surface area contributed by atoms with Crippen LogP contribution < -0.4 is 5.32 Å². The number of aryl methyl sites for hydroxylation is 1. The molecule has 0 fully saturated rings. The number of nitrogens with one attached hydrogen (secondary N) is 1. The van der Waals surface area contributed by atoms with E-state index in [4.69, 9.17) is 4.74 Å². The molecule has 0 aliphatic rings. The molecule has 1 heterocycles. The molecule has 0 aliphatic heterocycles. The lowest BCUT2D eigenvalue weighted by molar-refractivity contribution is 0.0696. The third-order valence-corrected chi connectivity index (χ3v) is 3.01. The summed E-state index contributed by atoms with van der Waals surface area (Å²) in [6.45, 7) is 6.05. The largest absolute Gasteiger partial charge is 0.478 e. The molecule has 0 aliphatic carbocycles. The highest BCUT2D eigenvalue weighted by atomic mass is 16.5. The summed E-state index contributed by atoms with van der Waals surface area (Å²) in [5, 5.41) is 20.4. The number of carbonyl (C=O) groups is 1. The number of nitrogens with zero attached hydrogens (tertiary/aromatic N) is 2. The van der Waals surface area contributed by atoms with E-state index in [-0.39, 0.29) is 11.6 Å². The SMILES string of the molecule is CCCC(COC)Nc1nnc(C)c(C)c1C(=O)O. The van der Waals surface area contributed by atoms with Crippen LogP contribution in [0.25, 0.3) is 0 Å². The Kier molecular flexibility index (Phi) is 5.69. The van der Waals surface area contributed by atoms with Gasteiger partial charge < -0.3 is 15.2 Å². The lowest BCUT2D eigenvalue weighted by atomic mass is 10.1. The second-order valence-corrected chi connectivity index (χ2v) is 4.52. The molecule has 0 saturated carbocycles. The standard InChI is InChI=1S/C13H21N3O3/c1-5-6-10(7-19-4)14-12-11(13(17)18)8(2)9(3)15-16-12/h10H,5-7H2,1-4H3,(H,14,16)(H,17,18). The van der Waals surface area contributed by atoms with Gasteiger partial charge in [0.2, 0.25) is 0 Å². The van der Waals surface area contributed by atoms with Crippen molar-refractivity contribution in [2.24, 2.45) is 0 Å². The van der Waals surface area contributed by atoms with E-state index in [1.807, 2.05) is 0 Å². The summed E-state index contributed by atoms with van der Waals surface area (Å²) in [7, 11) is 1.62. The predicted molar refractivity (Wildman–Crippen MR) is 72.7 cm³/mol. The molecule has 0 spiro atoms. The maximum atomic E-state index is 11.4. The van der Waals surface area contributed by atoms with E-state index in [1.54, 1.807) is 21.0 Å². The number of ether oxygens (including phenoxy) is 1. The van der Waals surface area contributed by atoms with Crippen LogP contribution in [-0.2, 0) is 4.74 Å². The van der Waals surface area contributed by atoms with Gasteiger partial charge in [0.1, 0.15) is 5.56 Å². The van der Waals surface area contributed by atoms with Crippen LogP contribution in [0.3, 0.4) is 0 Å². The van der Waals surface area contributed by atoms with Gasteiger partial charge in [0.25, 0.3) is 0 Å². The van der Waals surface area contributed by atoms with E-state index in [2.05, 4.69) is 22.4 Å². The minimum Gasteiger partial charge on any atom is -0.478 e. The first-order valence-corrected chi connectivity index (χ1v) is 6.33. The highest BCUT2D eigenvalue weighted by molar-refractivity contribution is 5.94. The minimum atomic E-state index is -0.995. The number of hydrogen-bond acceptors (Lipinski definition) is 5. The zero-order chi connectivity index (χ0) is 14.4. The highest BCUT2D eigenvalue weighted by Crippen LogP contribution is 2.20. The molecule has 0 aromatic carbocycles. The number of carboxylic acid groups (broad SMARTS) is 1. The quantitative estimate of drug-likeness (QED) is 0.786. The number of rotatable bonds is 7. The monoisotopic (exact) mass is 267 g/mol. The lowest BCUT2D eigenvalue weighted by Crippen LogP contribution is -2.27. The van der Waals surface area contributed by atoms with E-state index >= 15 is 0 Å². The van der Waals surface area contributed by atoms with Gasteiger partial charge in [0.05, 0.1) is 18.3 Å². The van der Waals surface area contributed by atoms with Crippen molar-refractivity contribution < 1.29 is 14.6 Å². The zero-order valence-corrected chi connectivity index (χ0v) is 11.9. The Morgan fingerprint density at radius 3 is 2.63 bits per heavy atom. The average Bonchev–Trinajstić information content (AvgIpc) is 2.34. The number of carboxylic acids is 1. The maximum absolute atomic E-state index is 11.4. The molecule has 1 rings (SSSR count). The van der Waals surface area contributed by atoms with Crippen LogP contribution in [0.1, 0.15) is 41.4 Å². The third-order valence-electron chi connectivity index (χ3n) is 3.01. The minimum absolute atomic E-state index is 0.0320. The number of anilines is 1. The van der Waals surface area contributed by atoms with Gasteiger partial charge in [-0.2, -0.15) is 5.10 Å². The molecular formula is C13H21N3O3. The number of methoxy groups -OCH3 is 1. The molecule has 1 unspecified atom stereocenters. The van der Waals surface area contributed by atoms with Crippen molar-refractivity contribution >= 4 is 11.8 Å². The van der Waals surface area contributed by atoms with Crippen LogP contribution in [0.2, 0.25) is 0 Å². The first kappa shape index (κ1) is 15.4. The molecule has 19 heavy (non-hydrogen) atoms. The molecule has 1 atom stereocenters. The van der Waals surface area contributed by atoms with E-state index in [0.717, 1.165) is 12.8 Å². The fourth-order valence-electron chi connectivity index (χ4n) is 1.91. The van der Waals surface area contributed by atoms with Crippen LogP contribution in [0.4, 0.5) is 5.82 Å². The van der Waals surface area contributed by atoms with Gasteiger partial charge in [0.15, 0.2) is 5.82 Å². The molecule has 0 amide bonds. The van der Waals surface area contributed by atoms with Crippen molar-refractivity contribution in [1.82, 2.24) is 10.2 Å². The van der Waals surface area contributed by atoms with Crippen molar-refractivity contribution in [1.29, 1.82) is 0 Å². The summed E-state index contributed by atoms with van der Waals surface area (Å²) in [6.07, 6.45) is 1.85. The zero-order valence-electron chi connectivity index (χ0n) is 11.9. The van der Waals surface area contributed by atoms with E-state index in [1.165, 1.54) is 0 Å². The van der Waals surface area contributed by atoms with Crippen molar-refractivity contribution in [2.45, 2.75) is 39.7 Å². The maximum Gasteiger partial charge on any atom is 0.339 e. The van der Waals surface area contributed by atoms with Gasteiger partial charge in [-0.25, -0.2) is 4.79 Å². The number of aromatic nitrogens is 2. The molecule has 1 aromatic heterocycles. The van der Waals surface area contributed by atoms with Crippen molar-refractivity contribution in [3.05, 3.63) is 16.8 Å². The molecule has 106 valence electrons. The number of aromatic carboxylic acids is 1. The molecule has 6 nitrogen and oxygen atoms in total. The Bertz CT molecular complexity index is 443. The Morgan fingerprint density at radius 1 is 1.42 bits per heavy atom. The van der Waals surface area contributed by atoms with Crippen LogP contribution in [0.5, 0.6) is 0 Å². The second-order valence-electron chi connectivity index (χ2n) is 4.52. The summed E-state index contributed by atoms with van der Waals surface area (Å²) in [6, 6.07) is 0.0320. The first-order chi connectivity index (χ1) is 9.01. The molecule has 0 bridgehead atoms. The molecule has 6 heteroatoms. The van der Waals surface area contributed by atoms with Gasteiger partial charge in [0, 0.05) is 7.11 Å². The van der Waals surface area contributed by atoms with Crippen molar-refractivity contribution in [2.75, 3.05) is 19.0 Å². The molecule has 1 aromatic rings. The fraction of sp³-hybridized carbons (Fsp3) is 0.615. The van der Waals surface area contributed by atoms with Crippen LogP contribution in [0.15, 0.2) is 0 Å². The van der Waals surface area contributed by atoms with E-state index in [9.17, 15) is 9.90 Å². The van der Waals surface area contributed by atoms with Gasteiger partial charge in [-0.3, -0.25) is 0 Å². The summed E-state index contributed by atoms with van der Waals surface area (Å²) in [5.41, 5.74) is 1.45. The average molecular weight is 267 g/mol. The molecule has 0 saturated heterocycles. The van der Waals surface area contributed by atoms with Crippen LogP contribution in [0, 0.1) is 13.8 Å². The Labute approximate surface area is 113 Å². The van der Waals surface area contributed by atoms with Gasteiger partial charge in [-0.1, -0.05) is 13.3 Å². The Hall–Kier alpha value is -1.69. The van der Waals surface area contributed by atoms with E-state index in [0.29, 0.717) is 23.7 Å². The summed E-state index contributed by atoms with van der Waals surface area (Å²) < 4.78 is 5.12. The predicted octanol–water partition coefficient (Wildman–Crippen LogP) is 2.02. The first-order valence-electron chi connectivity index (χ1n) is 6.33. The Balaban J connectivity index is 3.05. The summed E-state index contributed by atoms with van der Waals surface area (Å²) in [5.74, 6) is -0.684. The van der Waals surface area contributed by atoms with Gasteiger partial charge in [-0.15, -0.1) is 5.10 Å². The fourth-order valence-corrected chi connectivity index (χ4v) is 1.91. The topological polar surface area (TPSA) is 84.3 Å². The summed E-state index contributed by atoms with van der Waals surface area (Å²) in [4.78, 5) is 11.4. The van der Waals surface area contributed by atoms with E-state index < -0.39 is 5.97 Å².